The third-order valence-corrected chi connectivity index (χ3v) is 6.75. The molecule has 0 aliphatic rings. The highest BCUT2D eigenvalue weighted by atomic mass is 35.5. The van der Waals surface area contributed by atoms with E-state index in [0.717, 1.165) is 27.6 Å². The number of nitrogen functional groups attached to an aromatic ring is 1. The fourth-order valence-corrected chi connectivity index (χ4v) is 5.04. The maximum absolute atomic E-state index is 12.9. The van der Waals surface area contributed by atoms with Crippen molar-refractivity contribution in [2.75, 3.05) is 10.5 Å². The van der Waals surface area contributed by atoms with Gasteiger partial charge in [-0.2, -0.15) is 0 Å². The Morgan fingerprint density at radius 1 is 1.03 bits per heavy atom. The zero-order chi connectivity index (χ0) is 21.5. The van der Waals surface area contributed by atoms with E-state index in [4.69, 9.17) is 28.9 Å². The van der Waals surface area contributed by atoms with Gasteiger partial charge in [-0.25, -0.2) is 18.4 Å². The predicted molar refractivity (Wildman–Crippen MR) is 121 cm³/mol. The smallest absolute Gasteiger partial charge is 0.263 e. The molecule has 30 heavy (non-hydrogen) atoms. The average Bonchev–Trinajstić information content (AvgIpc) is 2.71. The Kier molecular flexibility index (Phi) is 5.27. The van der Waals surface area contributed by atoms with E-state index in [1.165, 1.54) is 18.2 Å². The molecule has 1 heterocycles. The second kappa shape index (κ2) is 7.75. The van der Waals surface area contributed by atoms with Crippen LogP contribution in [0.3, 0.4) is 0 Å². The predicted octanol–water partition coefficient (Wildman–Crippen LogP) is 5.30. The average molecular weight is 459 g/mol. The summed E-state index contributed by atoms with van der Waals surface area (Å²) in [6, 6.07) is 15.4. The summed E-state index contributed by atoms with van der Waals surface area (Å²) < 4.78 is 28.4. The van der Waals surface area contributed by atoms with Crippen molar-refractivity contribution in [2.45, 2.75) is 11.8 Å². The molecular formula is C21H16Cl2N4O2S. The Bertz CT molecular complexity index is 1390. The van der Waals surface area contributed by atoms with E-state index < -0.39 is 10.0 Å². The van der Waals surface area contributed by atoms with E-state index in [-0.39, 0.29) is 20.9 Å². The lowest BCUT2D eigenvalue weighted by Crippen LogP contribution is -2.14. The SMILES string of the molecule is Cc1c(NS(=O)(=O)c2cc(Cl)ccc2Cl)cccc1-c1ccc2nc(N)ncc2c1. The van der Waals surface area contributed by atoms with E-state index in [0.29, 0.717) is 5.69 Å². The monoisotopic (exact) mass is 458 g/mol. The van der Waals surface area contributed by atoms with Crippen LogP contribution in [-0.4, -0.2) is 18.4 Å². The van der Waals surface area contributed by atoms with Crippen LogP contribution in [-0.2, 0) is 10.0 Å². The van der Waals surface area contributed by atoms with Crippen LogP contribution >= 0.6 is 23.2 Å². The lowest BCUT2D eigenvalue weighted by Gasteiger charge is -2.15. The van der Waals surface area contributed by atoms with Crippen molar-refractivity contribution >= 4 is 55.8 Å². The normalized spacial score (nSPS) is 11.6. The number of anilines is 2. The van der Waals surface area contributed by atoms with Gasteiger partial charge in [0, 0.05) is 16.6 Å². The van der Waals surface area contributed by atoms with Gasteiger partial charge in [-0.1, -0.05) is 41.4 Å². The van der Waals surface area contributed by atoms with Gasteiger partial charge in [0.25, 0.3) is 10.0 Å². The highest BCUT2D eigenvalue weighted by Crippen LogP contribution is 2.33. The van der Waals surface area contributed by atoms with E-state index in [1.807, 2.05) is 31.2 Å². The number of hydrogen-bond donors (Lipinski definition) is 2. The molecule has 0 radical (unpaired) electrons. The summed E-state index contributed by atoms with van der Waals surface area (Å²) in [6.07, 6.45) is 1.66. The molecule has 0 saturated heterocycles. The summed E-state index contributed by atoms with van der Waals surface area (Å²) in [4.78, 5) is 8.15. The van der Waals surface area contributed by atoms with Gasteiger partial charge >= 0.3 is 0 Å². The number of nitrogens with zero attached hydrogens (tertiary/aromatic N) is 2. The fraction of sp³-hybridized carbons (Fsp3) is 0.0476. The number of aromatic nitrogens is 2. The third-order valence-electron chi connectivity index (χ3n) is 4.67. The van der Waals surface area contributed by atoms with Crippen molar-refractivity contribution < 1.29 is 8.42 Å². The van der Waals surface area contributed by atoms with Gasteiger partial charge in [0.2, 0.25) is 5.95 Å². The summed E-state index contributed by atoms with van der Waals surface area (Å²) in [5.41, 5.74) is 9.34. The molecule has 0 atom stereocenters. The van der Waals surface area contributed by atoms with Crippen LogP contribution < -0.4 is 10.5 Å². The van der Waals surface area contributed by atoms with Gasteiger partial charge < -0.3 is 5.73 Å². The van der Waals surface area contributed by atoms with E-state index in [2.05, 4.69) is 14.7 Å². The molecule has 1 aromatic heterocycles. The highest BCUT2D eigenvalue weighted by Gasteiger charge is 2.20. The van der Waals surface area contributed by atoms with Crippen molar-refractivity contribution in [3.8, 4) is 11.1 Å². The molecule has 0 unspecified atom stereocenters. The van der Waals surface area contributed by atoms with Gasteiger partial charge in [-0.3, -0.25) is 4.72 Å². The maximum Gasteiger partial charge on any atom is 0.263 e. The molecule has 6 nitrogen and oxygen atoms in total. The molecule has 3 aromatic carbocycles. The summed E-state index contributed by atoms with van der Waals surface area (Å²) in [6.45, 7) is 1.84. The maximum atomic E-state index is 12.9. The van der Waals surface area contributed by atoms with Gasteiger partial charge in [-0.05, 0) is 60.0 Å². The summed E-state index contributed by atoms with van der Waals surface area (Å²) >= 11 is 12.0. The zero-order valence-electron chi connectivity index (χ0n) is 15.7. The molecule has 4 rings (SSSR count). The molecule has 152 valence electrons. The number of benzene rings is 3. The Labute approximate surface area is 183 Å². The Morgan fingerprint density at radius 2 is 1.83 bits per heavy atom. The lowest BCUT2D eigenvalue weighted by molar-refractivity contribution is 0.601. The number of halogens is 2. The number of nitrogens with two attached hydrogens (primary N) is 1. The minimum Gasteiger partial charge on any atom is -0.368 e. The number of nitrogens with one attached hydrogen (secondary N) is 1. The highest BCUT2D eigenvalue weighted by molar-refractivity contribution is 7.92. The van der Waals surface area contributed by atoms with Crippen molar-refractivity contribution in [1.82, 2.24) is 9.97 Å². The first-order chi connectivity index (χ1) is 14.2. The Balaban J connectivity index is 1.75. The largest absolute Gasteiger partial charge is 0.368 e. The Hall–Kier alpha value is -2.87. The second-order valence-electron chi connectivity index (χ2n) is 6.66. The van der Waals surface area contributed by atoms with Gasteiger partial charge in [-0.15, -0.1) is 0 Å². The molecule has 0 aliphatic heterocycles. The van der Waals surface area contributed by atoms with E-state index >= 15 is 0 Å². The summed E-state index contributed by atoms with van der Waals surface area (Å²) in [7, 11) is -3.93. The molecular weight excluding hydrogens is 443 g/mol. The number of rotatable bonds is 4. The molecule has 0 saturated carbocycles. The quantitative estimate of drug-likeness (QED) is 0.432. The number of fused-ring (bicyclic) bond motifs is 1. The minimum absolute atomic E-state index is 0.0816. The second-order valence-corrected chi connectivity index (χ2v) is 9.15. The molecule has 0 aliphatic carbocycles. The topological polar surface area (TPSA) is 98.0 Å². The molecule has 9 heteroatoms. The first-order valence-corrected chi connectivity index (χ1v) is 11.1. The molecule has 3 N–H and O–H groups in total. The number of sulfonamides is 1. The van der Waals surface area contributed by atoms with Crippen molar-refractivity contribution in [3.05, 3.63) is 76.4 Å². The first-order valence-electron chi connectivity index (χ1n) is 8.85. The molecule has 0 spiro atoms. The van der Waals surface area contributed by atoms with Gasteiger partial charge in [0.1, 0.15) is 4.90 Å². The van der Waals surface area contributed by atoms with Crippen LogP contribution in [0.4, 0.5) is 11.6 Å². The van der Waals surface area contributed by atoms with E-state index in [1.54, 1.807) is 18.3 Å². The fourth-order valence-electron chi connectivity index (χ4n) is 3.16. The standard InChI is InChI=1S/C21H16Cl2N4O2S/c1-12-16(13-5-8-19-14(9-13)11-25-21(24)26-19)3-2-4-18(12)27-30(28,29)20-10-15(22)6-7-17(20)23/h2-11,27H,1H3,(H2,24,25,26). The third kappa shape index (κ3) is 3.92. The van der Waals surface area contributed by atoms with Crippen LogP contribution in [0.5, 0.6) is 0 Å². The Morgan fingerprint density at radius 3 is 2.63 bits per heavy atom. The first kappa shape index (κ1) is 20.4. The minimum atomic E-state index is -3.93. The van der Waals surface area contributed by atoms with Crippen molar-refractivity contribution in [2.24, 2.45) is 0 Å². The molecule has 0 bridgehead atoms. The van der Waals surface area contributed by atoms with Crippen LogP contribution in [0.15, 0.2) is 65.7 Å². The van der Waals surface area contributed by atoms with E-state index in [9.17, 15) is 8.42 Å². The molecule has 0 amide bonds. The number of hydrogen-bond acceptors (Lipinski definition) is 5. The molecule has 4 aromatic rings. The lowest BCUT2D eigenvalue weighted by atomic mass is 9.98. The summed E-state index contributed by atoms with van der Waals surface area (Å²) in [5, 5.41) is 1.21. The molecule has 0 fully saturated rings. The van der Waals surface area contributed by atoms with Crippen LogP contribution in [0.1, 0.15) is 5.56 Å². The van der Waals surface area contributed by atoms with Crippen molar-refractivity contribution in [1.29, 1.82) is 0 Å². The van der Waals surface area contributed by atoms with Crippen molar-refractivity contribution in [3.63, 3.8) is 0 Å². The zero-order valence-corrected chi connectivity index (χ0v) is 18.1. The van der Waals surface area contributed by atoms with Crippen LogP contribution in [0.2, 0.25) is 10.0 Å². The van der Waals surface area contributed by atoms with Gasteiger partial charge in [0.15, 0.2) is 0 Å². The van der Waals surface area contributed by atoms with Crippen LogP contribution in [0.25, 0.3) is 22.0 Å². The summed E-state index contributed by atoms with van der Waals surface area (Å²) in [5.74, 6) is 0.211. The van der Waals surface area contributed by atoms with Gasteiger partial charge in [0.05, 0.1) is 16.2 Å². The van der Waals surface area contributed by atoms with Crippen LogP contribution in [0, 0.1) is 6.92 Å².